The second-order valence-electron chi connectivity index (χ2n) is 4.43. The Bertz CT molecular complexity index is 375. The van der Waals surface area contributed by atoms with Gasteiger partial charge in [-0.25, -0.2) is 4.98 Å². The van der Waals surface area contributed by atoms with Crippen LogP contribution in [0.4, 0.5) is 0 Å². The van der Waals surface area contributed by atoms with E-state index in [9.17, 15) is 4.79 Å². The number of likely N-dealkylation sites (N-methyl/N-ethyl adjacent to an activating group) is 1. The van der Waals surface area contributed by atoms with E-state index < -0.39 is 0 Å². The summed E-state index contributed by atoms with van der Waals surface area (Å²) in [6, 6.07) is 0. The highest BCUT2D eigenvalue weighted by molar-refractivity contribution is 7.09. The molecule has 4 heteroatoms. The van der Waals surface area contributed by atoms with Gasteiger partial charge in [0.2, 0.25) is 0 Å². The highest BCUT2D eigenvalue weighted by Crippen LogP contribution is 2.29. The molecule has 0 bridgehead atoms. The van der Waals surface area contributed by atoms with Gasteiger partial charge in [0.25, 0.3) is 0 Å². The van der Waals surface area contributed by atoms with Gasteiger partial charge < -0.3 is 4.90 Å². The highest BCUT2D eigenvalue weighted by Gasteiger charge is 2.24. The molecule has 1 aliphatic heterocycles. The molecule has 0 amide bonds. The maximum absolute atomic E-state index is 11.0. The van der Waals surface area contributed by atoms with Crippen molar-refractivity contribution in [1.29, 1.82) is 0 Å². The Balaban J connectivity index is 1.99. The first-order valence-corrected chi connectivity index (χ1v) is 6.73. The molecular formula is C12H18N2OS. The van der Waals surface area contributed by atoms with E-state index in [-0.39, 0.29) is 5.78 Å². The van der Waals surface area contributed by atoms with Crippen molar-refractivity contribution < 1.29 is 4.79 Å². The molecule has 3 nitrogen and oxygen atoms in total. The van der Waals surface area contributed by atoms with Gasteiger partial charge in [-0.05, 0) is 26.4 Å². The quantitative estimate of drug-likeness (QED) is 0.805. The van der Waals surface area contributed by atoms with E-state index in [2.05, 4.69) is 16.8 Å². The minimum atomic E-state index is 0.193. The van der Waals surface area contributed by atoms with Gasteiger partial charge in [0, 0.05) is 24.3 Å². The molecule has 0 radical (unpaired) electrons. The summed E-state index contributed by atoms with van der Waals surface area (Å²) in [5.74, 6) is 0.782. The molecule has 0 aliphatic carbocycles. The maximum atomic E-state index is 11.0. The van der Waals surface area contributed by atoms with Gasteiger partial charge in [-0.2, -0.15) is 0 Å². The van der Waals surface area contributed by atoms with Gasteiger partial charge in [-0.3, -0.25) is 4.79 Å². The molecule has 2 rings (SSSR count). The number of carbonyl (C=O) groups is 1. The van der Waals surface area contributed by atoms with Gasteiger partial charge in [-0.15, -0.1) is 11.3 Å². The van der Waals surface area contributed by atoms with Crippen molar-refractivity contribution in [3.05, 3.63) is 16.1 Å². The largest absolute Gasteiger partial charge is 0.303 e. The standard InChI is InChI=1S/C12H18N2OS/c1-3-14-5-4-10(7-14)12-13-11(8-16-12)6-9(2)15/h8,10H,3-7H2,1-2H3. The molecule has 0 spiro atoms. The first kappa shape index (κ1) is 11.7. The zero-order valence-corrected chi connectivity index (χ0v) is 10.7. The molecular weight excluding hydrogens is 220 g/mol. The predicted molar refractivity (Wildman–Crippen MR) is 66.0 cm³/mol. The second kappa shape index (κ2) is 5.06. The second-order valence-corrected chi connectivity index (χ2v) is 5.32. The predicted octanol–water partition coefficient (Wildman–Crippen LogP) is 2.08. The van der Waals surface area contributed by atoms with Crippen molar-refractivity contribution in [3.8, 4) is 0 Å². The minimum absolute atomic E-state index is 0.193. The van der Waals surface area contributed by atoms with E-state index in [1.807, 2.05) is 5.38 Å². The van der Waals surface area contributed by atoms with Crippen LogP contribution in [0.3, 0.4) is 0 Å². The van der Waals surface area contributed by atoms with Crippen LogP contribution in [-0.4, -0.2) is 35.3 Å². The van der Waals surface area contributed by atoms with Crippen molar-refractivity contribution in [1.82, 2.24) is 9.88 Å². The molecule has 1 saturated heterocycles. The summed E-state index contributed by atoms with van der Waals surface area (Å²) in [6.07, 6.45) is 1.70. The van der Waals surface area contributed by atoms with Crippen molar-refractivity contribution in [2.75, 3.05) is 19.6 Å². The monoisotopic (exact) mass is 238 g/mol. The van der Waals surface area contributed by atoms with E-state index in [0.29, 0.717) is 12.3 Å². The Labute approximate surface area is 100 Å². The third-order valence-corrected chi connectivity index (χ3v) is 4.12. The molecule has 1 aliphatic rings. The number of thiazole rings is 1. The van der Waals surface area contributed by atoms with Gasteiger partial charge in [-0.1, -0.05) is 6.92 Å². The molecule has 1 unspecified atom stereocenters. The molecule has 0 saturated carbocycles. The normalized spacial score (nSPS) is 21.5. The topological polar surface area (TPSA) is 33.2 Å². The zero-order chi connectivity index (χ0) is 11.5. The Morgan fingerprint density at radius 3 is 3.12 bits per heavy atom. The summed E-state index contributed by atoms with van der Waals surface area (Å²) in [5, 5.41) is 3.25. The van der Waals surface area contributed by atoms with Crippen LogP contribution in [0.2, 0.25) is 0 Å². The van der Waals surface area contributed by atoms with E-state index in [1.165, 1.54) is 18.0 Å². The molecule has 88 valence electrons. The van der Waals surface area contributed by atoms with Crippen molar-refractivity contribution in [2.24, 2.45) is 0 Å². The van der Waals surface area contributed by atoms with Crippen LogP contribution < -0.4 is 0 Å². The molecule has 1 fully saturated rings. The lowest BCUT2D eigenvalue weighted by Gasteiger charge is -2.11. The lowest BCUT2D eigenvalue weighted by Crippen LogP contribution is -2.19. The van der Waals surface area contributed by atoms with E-state index in [1.54, 1.807) is 18.3 Å². The molecule has 0 N–H and O–H groups in total. The van der Waals surface area contributed by atoms with Gasteiger partial charge in [0.1, 0.15) is 5.78 Å². The molecule has 2 heterocycles. The third-order valence-electron chi connectivity index (χ3n) is 3.07. The highest BCUT2D eigenvalue weighted by atomic mass is 32.1. The minimum Gasteiger partial charge on any atom is -0.303 e. The summed E-state index contributed by atoms with van der Waals surface area (Å²) in [7, 11) is 0. The summed E-state index contributed by atoms with van der Waals surface area (Å²) >= 11 is 1.71. The van der Waals surface area contributed by atoms with Crippen LogP contribution in [0, 0.1) is 0 Å². The lowest BCUT2D eigenvalue weighted by molar-refractivity contribution is -0.116. The summed E-state index contributed by atoms with van der Waals surface area (Å²) in [6.45, 7) is 7.26. The first-order chi connectivity index (χ1) is 7.69. The van der Waals surface area contributed by atoms with Crippen molar-refractivity contribution in [2.45, 2.75) is 32.6 Å². The zero-order valence-electron chi connectivity index (χ0n) is 9.90. The number of likely N-dealkylation sites (tertiary alicyclic amines) is 1. The number of carbonyl (C=O) groups excluding carboxylic acids is 1. The Kier molecular flexibility index (Phi) is 3.71. The fourth-order valence-electron chi connectivity index (χ4n) is 2.17. The maximum Gasteiger partial charge on any atom is 0.135 e. The number of hydrogen-bond acceptors (Lipinski definition) is 4. The summed E-state index contributed by atoms with van der Waals surface area (Å²) in [4.78, 5) is 18.0. The van der Waals surface area contributed by atoms with Crippen LogP contribution in [0.5, 0.6) is 0 Å². The summed E-state index contributed by atoms with van der Waals surface area (Å²) < 4.78 is 0. The summed E-state index contributed by atoms with van der Waals surface area (Å²) in [5.41, 5.74) is 0.947. The number of hydrogen-bond donors (Lipinski definition) is 0. The average Bonchev–Trinajstić information content (AvgIpc) is 2.83. The van der Waals surface area contributed by atoms with Gasteiger partial charge in [0.15, 0.2) is 0 Å². The molecule has 1 aromatic heterocycles. The molecule has 0 aromatic carbocycles. The fourth-order valence-corrected chi connectivity index (χ4v) is 3.12. The van der Waals surface area contributed by atoms with Crippen LogP contribution >= 0.6 is 11.3 Å². The van der Waals surface area contributed by atoms with Crippen molar-refractivity contribution >= 4 is 17.1 Å². The van der Waals surface area contributed by atoms with Crippen LogP contribution in [-0.2, 0) is 11.2 Å². The Morgan fingerprint density at radius 2 is 2.50 bits per heavy atom. The van der Waals surface area contributed by atoms with Gasteiger partial charge in [0.05, 0.1) is 10.7 Å². The number of rotatable bonds is 4. The number of Topliss-reactive ketones (excluding diaryl/α,β-unsaturated/α-hetero) is 1. The molecule has 16 heavy (non-hydrogen) atoms. The fraction of sp³-hybridized carbons (Fsp3) is 0.667. The van der Waals surface area contributed by atoms with Crippen molar-refractivity contribution in [3.63, 3.8) is 0 Å². The Morgan fingerprint density at radius 1 is 1.69 bits per heavy atom. The lowest BCUT2D eigenvalue weighted by atomic mass is 10.1. The Hall–Kier alpha value is -0.740. The van der Waals surface area contributed by atoms with E-state index in [4.69, 9.17) is 0 Å². The van der Waals surface area contributed by atoms with Crippen LogP contribution in [0.1, 0.15) is 36.9 Å². The van der Waals surface area contributed by atoms with E-state index >= 15 is 0 Å². The van der Waals surface area contributed by atoms with E-state index in [0.717, 1.165) is 18.8 Å². The average molecular weight is 238 g/mol. The molecule has 1 aromatic rings. The van der Waals surface area contributed by atoms with Gasteiger partial charge >= 0.3 is 0 Å². The van der Waals surface area contributed by atoms with Crippen LogP contribution in [0.15, 0.2) is 5.38 Å². The number of aromatic nitrogens is 1. The molecule has 1 atom stereocenters. The number of ketones is 1. The SMILES string of the molecule is CCN1CCC(c2nc(CC(C)=O)cs2)C1. The van der Waals surface area contributed by atoms with Crippen LogP contribution in [0.25, 0.3) is 0 Å². The first-order valence-electron chi connectivity index (χ1n) is 5.85. The third kappa shape index (κ3) is 2.68. The number of nitrogens with zero attached hydrogens (tertiary/aromatic N) is 2. The smallest absolute Gasteiger partial charge is 0.135 e.